The second-order valence-corrected chi connectivity index (χ2v) is 5.79. The third-order valence-corrected chi connectivity index (χ3v) is 3.71. The number of benzene rings is 1. The zero-order valence-corrected chi connectivity index (χ0v) is 18.2. The first-order valence-electron chi connectivity index (χ1n) is 8.71. The first-order chi connectivity index (χ1) is 12.1. The Kier molecular flexibility index (Phi) is 14.5. The average Bonchev–Trinajstić information content (AvgIpc) is 2.57. The van der Waals surface area contributed by atoms with E-state index in [1.54, 1.807) is 7.11 Å². The highest BCUT2D eigenvalue weighted by molar-refractivity contribution is 14.0. The van der Waals surface area contributed by atoms with Crippen LogP contribution in [0.25, 0.3) is 0 Å². The molecular formula is C18H31F2IN4O. The molecular weight excluding hydrogens is 453 g/mol. The zero-order valence-electron chi connectivity index (χ0n) is 15.9. The summed E-state index contributed by atoms with van der Waals surface area (Å²) >= 11 is 0. The molecule has 0 spiro atoms. The Morgan fingerprint density at radius 2 is 1.88 bits per heavy atom. The van der Waals surface area contributed by atoms with Crippen molar-refractivity contribution >= 4 is 29.9 Å². The zero-order chi connectivity index (χ0) is 18.5. The monoisotopic (exact) mass is 484 g/mol. The molecule has 1 rings (SSSR count). The molecule has 5 nitrogen and oxygen atoms in total. The number of rotatable bonds is 11. The number of aliphatic imine (C=N–C) groups is 1. The minimum Gasteiger partial charge on any atom is -0.385 e. The van der Waals surface area contributed by atoms with E-state index in [-0.39, 0.29) is 36.0 Å². The number of halogens is 3. The molecule has 0 aliphatic rings. The van der Waals surface area contributed by atoms with Gasteiger partial charge in [-0.2, -0.15) is 0 Å². The lowest BCUT2D eigenvalue weighted by Gasteiger charge is -2.16. The Morgan fingerprint density at radius 3 is 2.50 bits per heavy atom. The van der Waals surface area contributed by atoms with Gasteiger partial charge < -0.3 is 20.3 Å². The summed E-state index contributed by atoms with van der Waals surface area (Å²) in [5, 5.41) is 6.25. The maximum absolute atomic E-state index is 13.6. The summed E-state index contributed by atoms with van der Waals surface area (Å²) in [4.78, 5) is 6.69. The van der Waals surface area contributed by atoms with Crippen molar-refractivity contribution < 1.29 is 13.5 Å². The predicted octanol–water partition coefficient (Wildman–Crippen LogP) is 2.65. The van der Waals surface area contributed by atoms with Crippen LogP contribution in [0.4, 0.5) is 8.78 Å². The number of likely N-dealkylation sites (N-methyl/N-ethyl adjacent to an activating group) is 1. The largest absolute Gasteiger partial charge is 0.385 e. The van der Waals surface area contributed by atoms with E-state index in [4.69, 9.17) is 4.74 Å². The van der Waals surface area contributed by atoms with Gasteiger partial charge in [-0.1, -0.05) is 6.07 Å². The smallest absolute Gasteiger partial charge is 0.191 e. The van der Waals surface area contributed by atoms with Gasteiger partial charge in [0.2, 0.25) is 0 Å². The highest BCUT2D eigenvalue weighted by Gasteiger charge is 2.08. The molecule has 26 heavy (non-hydrogen) atoms. The second-order valence-electron chi connectivity index (χ2n) is 5.79. The topological polar surface area (TPSA) is 48.9 Å². The maximum atomic E-state index is 13.6. The minimum atomic E-state index is -0.513. The molecule has 1 aromatic carbocycles. The van der Waals surface area contributed by atoms with Crippen molar-refractivity contribution in [2.75, 3.05) is 53.5 Å². The normalized spacial score (nSPS) is 11.4. The molecule has 0 fully saturated rings. The predicted molar refractivity (Wildman–Crippen MR) is 113 cm³/mol. The Labute approximate surface area is 172 Å². The lowest BCUT2D eigenvalue weighted by Crippen LogP contribution is -2.39. The summed E-state index contributed by atoms with van der Waals surface area (Å²) in [6.07, 6.45) is 1.25. The fraction of sp³-hybridized carbons (Fsp3) is 0.611. The first-order valence-corrected chi connectivity index (χ1v) is 8.71. The van der Waals surface area contributed by atoms with Crippen LogP contribution in [0.2, 0.25) is 0 Å². The number of methoxy groups -OCH3 is 1. The molecule has 8 heteroatoms. The third kappa shape index (κ3) is 10.2. The molecule has 150 valence electrons. The van der Waals surface area contributed by atoms with Gasteiger partial charge in [-0.15, -0.1) is 24.0 Å². The van der Waals surface area contributed by atoms with E-state index >= 15 is 0 Å². The molecule has 0 radical (unpaired) electrons. The quantitative estimate of drug-likeness (QED) is 0.220. The summed E-state index contributed by atoms with van der Waals surface area (Å²) in [6, 6.07) is 3.92. The first kappa shape index (κ1) is 25.0. The van der Waals surface area contributed by atoms with E-state index < -0.39 is 11.6 Å². The van der Waals surface area contributed by atoms with Crippen LogP contribution in [0.1, 0.15) is 18.9 Å². The number of ether oxygens (including phenoxy) is 1. The SMILES string of the molecule is CCNC(=NCCN(C)CCCOC)NCCc1c(F)cccc1F.I. The Bertz CT molecular complexity index is 512. The van der Waals surface area contributed by atoms with Crippen molar-refractivity contribution in [3.63, 3.8) is 0 Å². The Hall–Kier alpha value is -1.000. The summed E-state index contributed by atoms with van der Waals surface area (Å²) in [5.74, 6) is -0.368. The molecule has 0 heterocycles. The number of hydrogen-bond acceptors (Lipinski definition) is 3. The molecule has 0 bridgehead atoms. The molecule has 0 aliphatic carbocycles. The van der Waals surface area contributed by atoms with Crippen LogP contribution >= 0.6 is 24.0 Å². The van der Waals surface area contributed by atoms with Gasteiger partial charge in [-0.3, -0.25) is 4.99 Å². The van der Waals surface area contributed by atoms with Crippen LogP contribution in [-0.4, -0.2) is 64.3 Å². The van der Waals surface area contributed by atoms with Crippen molar-refractivity contribution in [3.05, 3.63) is 35.4 Å². The van der Waals surface area contributed by atoms with Crippen molar-refractivity contribution in [2.24, 2.45) is 4.99 Å². The molecule has 0 unspecified atom stereocenters. The molecule has 0 saturated carbocycles. The lowest BCUT2D eigenvalue weighted by molar-refractivity contribution is 0.180. The number of hydrogen-bond donors (Lipinski definition) is 2. The van der Waals surface area contributed by atoms with Crippen LogP contribution < -0.4 is 10.6 Å². The standard InChI is InChI=1S/C18H30F2N4O.HI/c1-4-21-18(23-11-13-24(2)12-6-14-25-3)22-10-9-15-16(19)7-5-8-17(15)20;/h5,7-8H,4,6,9-14H2,1-3H3,(H2,21,22,23);1H. The Balaban J connectivity index is 0.00000625. The van der Waals surface area contributed by atoms with Crippen molar-refractivity contribution in [1.29, 1.82) is 0 Å². The average molecular weight is 484 g/mol. The van der Waals surface area contributed by atoms with Gasteiger partial charge in [0.15, 0.2) is 5.96 Å². The van der Waals surface area contributed by atoms with Gasteiger partial charge in [0.25, 0.3) is 0 Å². The summed E-state index contributed by atoms with van der Waals surface area (Å²) < 4.78 is 32.3. The van der Waals surface area contributed by atoms with E-state index in [2.05, 4.69) is 20.5 Å². The number of nitrogens with zero attached hydrogens (tertiary/aromatic N) is 2. The lowest BCUT2D eigenvalue weighted by atomic mass is 10.1. The number of guanidine groups is 1. The highest BCUT2D eigenvalue weighted by atomic mass is 127. The molecule has 0 aliphatic heterocycles. The van der Waals surface area contributed by atoms with Gasteiger partial charge in [0.05, 0.1) is 6.54 Å². The van der Waals surface area contributed by atoms with Gasteiger partial charge in [0, 0.05) is 45.5 Å². The van der Waals surface area contributed by atoms with Crippen molar-refractivity contribution in [1.82, 2.24) is 15.5 Å². The van der Waals surface area contributed by atoms with E-state index in [1.807, 2.05) is 14.0 Å². The molecule has 2 N–H and O–H groups in total. The van der Waals surface area contributed by atoms with Crippen LogP contribution in [0.3, 0.4) is 0 Å². The summed E-state index contributed by atoms with van der Waals surface area (Å²) in [6.45, 7) is 6.31. The van der Waals surface area contributed by atoms with E-state index in [9.17, 15) is 8.78 Å². The van der Waals surface area contributed by atoms with Crippen LogP contribution in [0.5, 0.6) is 0 Å². The third-order valence-electron chi connectivity index (χ3n) is 3.71. The maximum Gasteiger partial charge on any atom is 0.191 e. The number of nitrogens with one attached hydrogen (secondary N) is 2. The van der Waals surface area contributed by atoms with Crippen LogP contribution in [0.15, 0.2) is 23.2 Å². The van der Waals surface area contributed by atoms with Gasteiger partial charge in [0.1, 0.15) is 11.6 Å². The molecule has 0 amide bonds. The van der Waals surface area contributed by atoms with Gasteiger partial charge in [-0.25, -0.2) is 8.78 Å². The molecule has 1 aromatic rings. The fourth-order valence-corrected chi connectivity index (χ4v) is 2.34. The van der Waals surface area contributed by atoms with Gasteiger partial charge in [-0.05, 0) is 38.9 Å². The van der Waals surface area contributed by atoms with Crippen molar-refractivity contribution in [3.8, 4) is 0 Å². The molecule has 0 aromatic heterocycles. The molecule has 0 atom stereocenters. The van der Waals surface area contributed by atoms with Crippen LogP contribution in [0, 0.1) is 11.6 Å². The molecule has 0 saturated heterocycles. The van der Waals surface area contributed by atoms with E-state index in [0.29, 0.717) is 19.0 Å². The Morgan fingerprint density at radius 1 is 1.19 bits per heavy atom. The van der Waals surface area contributed by atoms with E-state index in [0.717, 1.165) is 32.7 Å². The summed E-state index contributed by atoms with van der Waals surface area (Å²) in [7, 11) is 3.75. The van der Waals surface area contributed by atoms with Crippen molar-refractivity contribution in [2.45, 2.75) is 19.8 Å². The van der Waals surface area contributed by atoms with Crippen LogP contribution in [-0.2, 0) is 11.2 Å². The second kappa shape index (κ2) is 15.1. The summed E-state index contributed by atoms with van der Waals surface area (Å²) in [5.41, 5.74) is 0.101. The minimum absolute atomic E-state index is 0. The highest BCUT2D eigenvalue weighted by Crippen LogP contribution is 2.11. The van der Waals surface area contributed by atoms with Gasteiger partial charge >= 0.3 is 0 Å². The fourth-order valence-electron chi connectivity index (χ4n) is 2.34. The van der Waals surface area contributed by atoms with E-state index in [1.165, 1.54) is 18.2 Å².